The highest BCUT2D eigenvalue weighted by atomic mass is 16.5. The van der Waals surface area contributed by atoms with Crippen molar-refractivity contribution in [2.24, 2.45) is 0 Å². The molecule has 0 aliphatic rings. The number of aryl methyl sites for hydroxylation is 1. The van der Waals surface area contributed by atoms with Gasteiger partial charge in [-0.25, -0.2) is 4.79 Å². The zero-order chi connectivity index (χ0) is 16.7. The van der Waals surface area contributed by atoms with Crippen LogP contribution in [0.25, 0.3) is 0 Å². The number of carbonyl (C=O) groups is 2. The number of furan rings is 1. The molecular weight excluding hydrogens is 298 g/mol. The van der Waals surface area contributed by atoms with E-state index in [1.54, 1.807) is 0 Å². The van der Waals surface area contributed by atoms with E-state index in [1.165, 1.54) is 17.7 Å². The van der Waals surface area contributed by atoms with E-state index >= 15 is 0 Å². The number of carbonyl (C=O) groups excluding carboxylic acids is 1. The maximum Gasteiger partial charge on any atom is 0.371 e. The van der Waals surface area contributed by atoms with Gasteiger partial charge in [-0.2, -0.15) is 0 Å². The van der Waals surface area contributed by atoms with Gasteiger partial charge in [0.25, 0.3) is 5.91 Å². The van der Waals surface area contributed by atoms with Gasteiger partial charge in [-0.1, -0.05) is 17.7 Å². The summed E-state index contributed by atoms with van der Waals surface area (Å²) in [5.41, 5.74) is 1.18. The third-order valence-corrected chi connectivity index (χ3v) is 3.19. The van der Waals surface area contributed by atoms with E-state index < -0.39 is 11.9 Å². The minimum absolute atomic E-state index is 0.00157. The van der Waals surface area contributed by atoms with E-state index in [1.807, 2.05) is 31.2 Å². The molecule has 6 heteroatoms. The second-order valence-electron chi connectivity index (χ2n) is 5.09. The maximum absolute atomic E-state index is 11.7. The molecule has 1 heterocycles. The molecule has 122 valence electrons. The molecule has 0 bridgehead atoms. The van der Waals surface area contributed by atoms with Crippen molar-refractivity contribution in [2.45, 2.75) is 19.8 Å². The second kappa shape index (κ2) is 8.03. The molecule has 23 heavy (non-hydrogen) atoms. The van der Waals surface area contributed by atoms with Crippen LogP contribution in [0.15, 0.2) is 40.8 Å². The van der Waals surface area contributed by atoms with E-state index in [0.29, 0.717) is 13.2 Å². The van der Waals surface area contributed by atoms with Crippen LogP contribution < -0.4 is 10.1 Å². The molecule has 0 aliphatic carbocycles. The zero-order valence-electron chi connectivity index (χ0n) is 12.9. The lowest BCUT2D eigenvalue weighted by molar-refractivity contribution is 0.0659. The molecule has 0 spiro atoms. The number of aromatic carboxylic acids is 1. The second-order valence-corrected chi connectivity index (χ2v) is 5.09. The van der Waals surface area contributed by atoms with E-state index in [4.69, 9.17) is 14.3 Å². The molecule has 2 aromatic rings. The summed E-state index contributed by atoms with van der Waals surface area (Å²) in [4.78, 5) is 22.4. The Morgan fingerprint density at radius 1 is 1.09 bits per heavy atom. The topological polar surface area (TPSA) is 88.8 Å². The number of amides is 1. The molecule has 1 amide bonds. The fourth-order valence-electron chi connectivity index (χ4n) is 1.92. The van der Waals surface area contributed by atoms with Crippen LogP contribution in [0.3, 0.4) is 0 Å². The summed E-state index contributed by atoms with van der Waals surface area (Å²) >= 11 is 0. The van der Waals surface area contributed by atoms with Crippen molar-refractivity contribution >= 4 is 11.9 Å². The van der Waals surface area contributed by atoms with Crippen molar-refractivity contribution in [3.05, 3.63) is 53.5 Å². The highest BCUT2D eigenvalue weighted by molar-refractivity contribution is 5.93. The van der Waals surface area contributed by atoms with Crippen molar-refractivity contribution in [3.63, 3.8) is 0 Å². The maximum atomic E-state index is 11.7. The smallest absolute Gasteiger partial charge is 0.371 e. The van der Waals surface area contributed by atoms with Gasteiger partial charge in [0.05, 0.1) is 6.61 Å². The van der Waals surface area contributed by atoms with Crippen molar-refractivity contribution in [1.82, 2.24) is 5.32 Å². The van der Waals surface area contributed by atoms with Gasteiger partial charge in [-0.15, -0.1) is 0 Å². The Kier molecular flexibility index (Phi) is 5.80. The summed E-state index contributed by atoms with van der Waals surface area (Å²) < 4.78 is 10.5. The van der Waals surface area contributed by atoms with E-state index in [-0.39, 0.29) is 11.5 Å². The van der Waals surface area contributed by atoms with Gasteiger partial charge in [0, 0.05) is 6.54 Å². The Balaban J connectivity index is 1.62. The third kappa shape index (κ3) is 5.18. The highest BCUT2D eigenvalue weighted by Gasteiger charge is 2.14. The predicted molar refractivity (Wildman–Crippen MR) is 83.9 cm³/mol. The Labute approximate surface area is 134 Å². The number of carboxylic acids is 1. The molecule has 0 radical (unpaired) electrons. The molecule has 0 saturated heterocycles. The number of ether oxygens (including phenoxy) is 1. The Morgan fingerprint density at radius 2 is 1.78 bits per heavy atom. The molecular formula is C17H19NO5. The van der Waals surface area contributed by atoms with Crippen LogP contribution in [0.2, 0.25) is 0 Å². The van der Waals surface area contributed by atoms with E-state index in [9.17, 15) is 9.59 Å². The molecule has 2 rings (SSSR count). The van der Waals surface area contributed by atoms with E-state index in [0.717, 1.165) is 18.6 Å². The van der Waals surface area contributed by atoms with Crippen LogP contribution in [0, 0.1) is 6.92 Å². The van der Waals surface area contributed by atoms with Crippen molar-refractivity contribution in [2.75, 3.05) is 13.2 Å². The lowest BCUT2D eigenvalue weighted by Gasteiger charge is -2.07. The molecule has 0 atom stereocenters. The fourth-order valence-corrected chi connectivity index (χ4v) is 1.92. The van der Waals surface area contributed by atoms with Gasteiger partial charge in [0.2, 0.25) is 5.76 Å². The quantitative estimate of drug-likeness (QED) is 0.731. The number of hydrogen-bond donors (Lipinski definition) is 2. The van der Waals surface area contributed by atoms with Gasteiger partial charge in [-0.05, 0) is 44.0 Å². The average Bonchev–Trinajstić information content (AvgIpc) is 3.02. The van der Waals surface area contributed by atoms with Crippen LogP contribution >= 0.6 is 0 Å². The first-order chi connectivity index (χ1) is 11.1. The summed E-state index contributed by atoms with van der Waals surface area (Å²) in [5, 5.41) is 11.4. The molecule has 2 N–H and O–H groups in total. The lowest BCUT2D eigenvalue weighted by atomic mass is 10.2. The van der Waals surface area contributed by atoms with E-state index in [2.05, 4.69) is 5.32 Å². The summed E-state index contributed by atoms with van der Waals surface area (Å²) in [6.45, 7) is 3.06. The highest BCUT2D eigenvalue weighted by Crippen LogP contribution is 2.11. The Bertz CT molecular complexity index is 660. The molecule has 0 aliphatic heterocycles. The van der Waals surface area contributed by atoms with Gasteiger partial charge < -0.3 is 19.6 Å². The van der Waals surface area contributed by atoms with Gasteiger partial charge >= 0.3 is 5.97 Å². The first-order valence-corrected chi connectivity index (χ1v) is 7.37. The van der Waals surface area contributed by atoms with Crippen LogP contribution in [0.1, 0.15) is 39.5 Å². The predicted octanol–water partition coefficient (Wildman–Crippen LogP) is 2.88. The lowest BCUT2D eigenvalue weighted by Crippen LogP contribution is -2.24. The number of hydrogen-bond acceptors (Lipinski definition) is 4. The van der Waals surface area contributed by atoms with Crippen LogP contribution in [-0.4, -0.2) is 30.1 Å². The third-order valence-electron chi connectivity index (χ3n) is 3.19. The summed E-state index contributed by atoms with van der Waals surface area (Å²) in [6, 6.07) is 10.4. The normalized spacial score (nSPS) is 10.3. The zero-order valence-corrected chi connectivity index (χ0v) is 12.9. The molecule has 0 saturated carbocycles. The van der Waals surface area contributed by atoms with Crippen LogP contribution in [0.5, 0.6) is 5.75 Å². The molecule has 1 aromatic heterocycles. The minimum atomic E-state index is -1.20. The summed E-state index contributed by atoms with van der Waals surface area (Å²) in [7, 11) is 0. The first kappa shape index (κ1) is 16.6. The summed E-state index contributed by atoms with van der Waals surface area (Å²) in [6.07, 6.45) is 1.55. The number of nitrogens with one attached hydrogen (secondary N) is 1. The van der Waals surface area contributed by atoms with Crippen molar-refractivity contribution in [3.8, 4) is 5.75 Å². The monoisotopic (exact) mass is 317 g/mol. The van der Waals surface area contributed by atoms with Gasteiger partial charge in [0.1, 0.15) is 5.75 Å². The van der Waals surface area contributed by atoms with Crippen molar-refractivity contribution in [1.29, 1.82) is 0 Å². The molecule has 1 aromatic carbocycles. The van der Waals surface area contributed by atoms with Crippen molar-refractivity contribution < 1.29 is 23.8 Å². The first-order valence-electron chi connectivity index (χ1n) is 7.37. The Hall–Kier alpha value is -2.76. The SMILES string of the molecule is Cc1ccc(OCCCCNC(=O)c2ccc(C(=O)O)o2)cc1. The molecule has 0 fully saturated rings. The molecule has 6 nitrogen and oxygen atoms in total. The minimum Gasteiger partial charge on any atom is -0.494 e. The Morgan fingerprint density at radius 3 is 2.43 bits per heavy atom. The largest absolute Gasteiger partial charge is 0.494 e. The molecule has 0 unspecified atom stereocenters. The number of rotatable bonds is 8. The van der Waals surface area contributed by atoms with Gasteiger partial charge in [0.15, 0.2) is 5.76 Å². The average molecular weight is 317 g/mol. The number of benzene rings is 1. The van der Waals surface area contributed by atoms with Crippen LogP contribution in [-0.2, 0) is 0 Å². The summed E-state index contributed by atoms with van der Waals surface area (Å²) in [5.74, 6) is -1.04. The van der Waals surface area contributed by atoms with Crippen LogP contribution in [0.4, 0.5) is 0 Å². The van der Waals surface area contributed by atoms with Gasteiger partial charge in [-0.3, -0.25) is 4.79 Å². The standard InChI is InChI=1S/C17H19NO5/c1-12-4-6-13(7-5-12)22-11-3-2-10-18-16(19)14-8-9-15(23-14)17(20)21/h4-9H,2-3,10-11H2,1H3,(H,18,19)(H,20,21). The fraction of sp³-hybridized carbons (Fsp3) is 0.294. The number of unbranched alkanes of at least 4 members (excludes halogenated alkanes) is 1. The number of carboxylic acid groups (broad SMARTS) is 1.